The molecule has 0 aromatic rings. The van der Waals surface area contributed by atoms with Gasteiger partial charge in [-0.25, -0.2) is 0 Å². The zero-order chi connectivity index (χ0) is 12.1. The summed E-state index contributed by atoms with van der Waals surface area (Å²) in [6.45, 7) is 3.63. The molecule has 1 aliphatic carbocycles. The molecule has 2 unspecified atom stereocenters. The Hall–Kier alpha value is -0.120. The molecule has 1 aliphatic heterocycles. The van der Waals surface area contributed by atoms with Crippen LogP contribution in [0.4, 0.5) is 0 Å². The molecular weight excluding hydrogens is 216 g/mol. The molecule has 2 rings (SSSR count). The van der Waals surface area contributed by atoms with Gasteiger partial charge in [0.2, 0.25) is 0 Å². The van der Waals surface area contributed by atoms with Gasteiger partial charge in [0.1, 0.15) is 0 Å². The molecule has 0 bridgehead atoms. The minimum Gasteiger partial charge on any atom is -0.390 e. The molecule has 1 saturated heterocycles. The molecule has 3 heteroatoms. The first kappa shape index (κ1) is 13.3. The number of hydrogen-bond donors (Lipinski definition) is 1. The van der Waals surface area contributed by atoms with Crippen molar-refractivity contribution in [1.82, 2.24) is 0 Å². The van der Waals surface area contributed by atoms with Crippen molar-refractivity contribution >= 4 is 0 Å². The van der Waals surface area contributed by atoms with Gasteiger partial charge in [-0.05, 0) is 45.4 Å². The van der Waals surface area contributed by atoms with Gasteiger partial charge in [0.05, 0.1) is 17.8 Å². The van der Waals surface area contributed by atoms with Crippen molar-refractivity contribution in [1.29, 1.82) is 0 Å². The smallest absolute Gasteiger partial charge is 0.0940 e. The molecule has 1 heterocycles. The van der Waals surface area contributed by atoms with E-state index in [0.717, 1.165) is 38.7 Å². The summed E-state index contributed by atoms with van der Waals surface area (Å²) in [7, 11) is 0. The maximum Gasteiger partial charge on any atom is 0.0940 e. The van der Waals surface area contributed by atoms with Crippen LogP contribution in [0.25, 0.3) is 0 Å². The average molecular weight is 242 g/mol. The van der Waals surface area contributed by atoms with Crippen LogP contribution in [-0.2, 0) is 9.47 Å². The second-order valence-corrected chi connectivity index (χ2v) is 5.43. The molecule has 0 aromatic heterocycles. The van der Waals surface area contributed by atoms with E-state index in [-0.39, 0.29) is 11.7 Å². The maximum absolute atomic E-state index is 10.4. The lowest BCUT2D eigenvalue weighted by molar-refractivity contribution is -0.121. The van der Waals surface area contributed by atoms with Gasteiger partial charge in [-0.1, -0.05) is 12.8 Å². The van der Waals surface area contributed by atoms with Gasteiger partial charge in [-0.3, -0.25) is 0 Å². The van der Waals surface area contributed by atoms with Crippen LogP contribution in [0.15, 0.2) is 0 Å². The van der Waals surface area contributed by atoms with Crippen LogP contribution >= 0.6 is 0 Å². The summed E-state index contributed by atoms with van der Waals surface area (Å²) in [5.74, 6) is 0. The molecule has 1 N–H and O–H groups in total. The normalized spacial score (nSPS) is 29.6. The maximum atomic E-state index is 10.4. The molecule has 0 radical (unpaired) electrons. The monoisotopic (exact) mass is 242 g/mol. The fourth-order valence-electron chi connectivity index (χ4n) is 3.31. The third-order valence-electron chi connectivity index (χ3n) is 4.28. The first-order chi connectivity index (χ1) is 8.27. The number of ether oxygens (including phenoxy) is 2. The van der Waals surface area contributed by atoms with Gasteiger partial charge >= 0.3 is 0 Å². The lowest BCUT2D eigenvalue weighted by Gasteiger charge is -2.34. The van der Waals surface area contributed by atoms with E-state index in [1.165, 1.54) is 19.3 Å². The van der Waals surface area contributed by atoms with Crippen molar-refractivity contribution in [3.05, 3.63) is 0 Å². The minimum atomic E-state index is -0.311. The van der Waals surface area contributed by atoms with Crippen molar-refractivity contribution in [2.45, 2.75) is 76.1 Å². The van der Waals surface area contributed by atoms with Crippen LogP contribution in [0.2, 0.25) is 0 Å². The van der Waals surface area contributed by atoms with E-state index in [9.17, 15) is 5.11 Å². The van der Waals surface area contributed by atoms with Gasteiger partial charge in [-0.15, -0.1) is 0 Å². The van der Waals surface area contributed by atoms with Crippen LogP contribution in [0.1, 0.15) is 58.3 Å². The van der Waals surface area contributed by atoms with E-state index in [2.05, 4.69) is 0 Å². The molecule has 2 atom stereocenters. The van der Waals surface area contributed by atoms with E-state index < -0.39 is 0 Å². The summed E-state index contributed by atoms with van der Waals surface area (Å²) < 4.78 is 11.5. The standard InChI is InChI=1S/C14H26O3/c1-2-17-14(9-3-4-10-14)13(15)8-7-12-6-5-11-16-12/h12-13,15H,2-11H2,1H3. The van der Waals surface area contributed by atoms with Crippen molar-refractivity contribution in [3.63, 3.8) is 0 Å². The summed E-state index contributed by atoms with van der Waals surface area (Å²) in [5, 5.41) is 10.4. The fraction of sp³-hybridized carbons (Fsp3) is 1.00. The molecule has 100 valence electrons. The Kier molecular flexibility index (Phi) is 4.83. The highest BCUT2D eigenvalue weighted by atomic mass is 16.5. The minimum absolute atomic E-state index is 0.243. The van der Waals surface area contributed by atoms with E-state index in [1.807, 2.05) is 6.92 Å². The zero-order valence-corrected chi connectivity index (χ0v) is 11.0. The summed E-state index contributed by atoms with van der Waals surface area (Å²) in [6, 6.07) is 0. The molecule has 1 saturated carbocycles. The van der Waals surface area contributed by atoms with Crippen LogP contribution in [0, 0.1) is 0 Å². The van der Waals surface area contributed by atoms with Crippen molar-refractivity contribution < 1.29 is 14.6 Å². The SMILES string of the molecule is CCOC1(C(O)CCC2CCCO2)CCCC1. The lowest BCUT2D eigenvalue weighted by Crippen LogP contribution is -2.42. The van der Waals surface area contributed by atoms with Gasteiger partial charge in [0.15, 0.2) is 0 Å². The number of aliphatic hydroxyl groups excluding tert-OH is 1. The van der Waals surface area contributed by atoms with Crippen molar-refractivity contribution in [3.8, 4) is 0 Å². The first-order valence-corrected chi connectivity index (χ1v) is 7.20. The van der Waals surface area contributed by atoms with Crippen LogP contribution in [0.5, 0.6) is 0 Å². The van der Waals surface area contributed by atoms with Gasteiger partial charge in [0, 0.05) is 13.2 Å². The quantitative estimate of drug-likeness (QED) is 0.778. The van der Waals surface area contributed by atoms with E-state index >= 15 is 0 Å². The van der Waals surface area contributed by atoms with E-state index in [1.54, 1.807) is 0 Å². The highest BCUT2D eigenvalue weighted by molar-refractivity contribution is 4.93. The topological polar surface area (TPSA) is 38.7 Å². The predicted octanol–water partition coefficient (Wildman–Crippen LogP) is 2.66. The van der Waals surface area contributed by atoms with Crippen LogP contribution in [-0.4, -0.2) is 36.1 Å². The Morgan fingerprint density at radius 1 is 1.35 bits per heavy atom. The number of hydrogen-bond acceptors (Lipinski definition) is 3. The Bertz CT molecular complexity index is 218. The molecule has 0 aromatic carbocycles. The Labute approximate surface area is 104 Å². The highest BCUT2D eigenvalue weighted by Gasteiger charge is 2.41. The van der Waals surface area contributed by atoms with Crippen LogP contribution < -0.4 is 0 Å². The fourth-order valence-corrected chi connectivity index (χ4v) is 3.31. The summed E-state index contributed by atoms with van der Waals surface area (Å²) in [4.78, 5) is 0. The van der Waals surface area contributed by atoms with E-state index in [0.29, 0.717) is 12.7 Å². The molecule has 0 spiro atoms. The van der Waals surface area contributed by atoms with Crippen LogP contribution in [0.3, 0.4) is 0 Å². The highest BCUT2D eigenvalue weighted by Crippen LogP contribution is 2.38. The predicted molar refractivity (Wildman–Crippen MR) is 67.0 cm³/mol. The number of aliphatic hydroxyl groups is 1. The third kappa shape index (κ3) is 3.21. The summed E-state index contributed by atoms with van der Waals surface area (Å²) in [5.41, 5.74) is -0.243. The average Bonchev–Trinajstić information content (AvgIpc) is 2.97. The molecule has 2 aliphatic rings. The van der Waals surface area contributed by atoms with Crippen molar-refractivity contribution in [2.75, 3.05) is 13.2 Å². The molecule has 17 heavy (non-hydrogen) atoms. The van der Waals surface area contributed by atoms with Crippen molar-refractivity contribution in [2.24, 2.45) is 0 Å². The van der Waals surface area contributed by atoms with Gasteiger partial charge < -0.3 is 14.6 Å². The zero-order valence-electron chi connectivity index (χ0n) is 11.0. The lowest BCUT2D eigenvalue weighted by atomic mass is 9.90. The summed E-state index contributed by atoms with van der Waals surface area (Å²) in [6.07, 6.45) is 8.64. The second-order valence-electron chi connectivity index (χ2n) is 5.43. The van der Waals surface area contributed by atoms with Gasteiger partial charge in [-0.2, -0.15) is 0 Å². The molecule has 0 amide bonds. The molecule has 2 fully saturated rings. The van der Waals surface area contributed by atoms with Gasteiger partial charge in [0.25, 0.3) is 0 Å². The summed E-state index contributed by atoms with van der Waals surface area (Å²) >= 11 is 0. The first-order valence-electron chi connectivity index (χ1n) is 7.20. The molecule has 3 nitrogen and oxygen atoms in total. The molecular formula is C14H26O3. The largest absolute Gasteiger partial charge is 0.390 e. The Morgan fingerprint density at radius 3 is 2.71 bits per heavy atom. The Morgan fingerprint density at radius 2 is 2.12 bits per heavy atom. The second kappa shape index (κ2) is 6.17. The third-order valence-corrected chi connectivity index (χ3v) is 4.28. The van der Waals surface area contributed by atoms with E-state index in [4.69, 9.17) is 9.47 Å². The number of rotatable bonds is 6. The Balaban J connectivity index is 1.81.